The molecule has 0 amide bonds. The molecule has 19 heavy (non-hydrogen) atoms. The summed E-state index contributed by atoms with van der Waals surface area (Å²) in [6, 6.07) is 4.96. The van der Waals surface area contributed by atoms with Crippen molar-refractivity contribution in [2.75, 3.05) is 11.4 Å². The number of anilines is 1. The predicted octanol–water partition coefficient (Wildman–Crippen LogP) is 3.00. The van der Waals surface area contributed by atoms with Crippen molar-refractivity contribution in [1.82, 2.24) is 0 Å². The van der Waals surface area contributed by atoms with Crippen LogP contribution in [0.1, 0.15) is 27.7 Å². The maximum Gasteiger partial charge on any atom is 0.261 e. The largest absolute Gasteiger partial charge is 0.484 e. The van der Waals surface area contributed by atoms with Crippen LogP contribution in [0.15, 0.2) is 23.1 Å². The van der Waals surface area contributed by atoms with Crippen molar-refractivity contribution in [3.05, 3.63) is 18.2 Å². The first-order valence-electron chi connectivity index (χ1n) is 6.14. The van der Waals surface area contributed by atoms with Gasteiger partial charge in [0.25, 0.3) is 9.05 Å². The Labute approximate surface area is 118 Å². The highest BCUT2D eigenvalue weighted by molar-refractivity contribution is 8.13. The fourth-order valence-electron chi connectivity index (χ4n) is 2.25. The number of halogens is 1. The van der Waals surface area contributed by atoms with Crippen LogP contribution in [-0.2, 0) is 9.05 Å². The molecule has 1 aliphatic rings. The summed E-state index contributed by atoms with van der Waals surface area (Å²) < 4.78 is 28.7. The topological polar surface area (TPSA) is 46.6 Å². The first kappa shape index (κ1) is 14.5. The molecular weight excluding hydrogens is 286 g/mol. The fraction of sp³-hybridized carbons (Fsp3) is 0.538. The van der Waals surface area contributed by atoms with E-state index in [-0.39, 0.29) is 16.5 Å². The molecule has 0 unspecified atom stereocenters. The van der Waals surface area contributed by atoms with Crippen LogP contribution in [0, 0.1) is 0 Å². The first-order valence-corrected chi connectivity index (χ1v) is 8.45. The number of benzene rings is 1. The third kappa shape index (κ3) is 2.98. The lowest BCUT2D eigenvalue weighted by molar-refractivity contribution is 0.102. The van der Waals surface area contributed by atoms with Gasteiger partial charge in [-0.3, -0.25) is 0 Å². The van der Waals surface area contributed by atoms with Gasteiger partial charge in [-0.05, 0) is 45.9 Å². The summed E-state index contributed by atoms with van der Waals surface area (Å²) in [4.78, 5) is 2.23. The van der Waals surface area contributed by atoms with Crippen LogP contribution < -0.4 is 9.64 Å². The molecule has 1 aromatic rings. The molecule has 4 nitrogen and oxygen atoms in total. The second kappa shape index (κ2) is 4.56. The Hall–Kier alpha value is -0.940. The Bertz CT molecular complexity index is 596. The van der Waals surface area contributed by atoms with Crippen molar-refractivity contribution < 1.29 is 13.2 Å². The van der Waals surface area contributed by atoms with Crippen LogP contribution in [0.5, 0.6) is 5.75 Å². The van der Waals surface area contributed by atoms with Gasteiger partial charge in [0, 0.05) is 16.7 Å². The maximum atomic E-state index is 11.4. The van der Waals surface area contributed by atoms with Gasteiger partial charge in [0.05, 0.1) is 17.1 Å². The average Bonchev–Trinajstić information content (AvgIpc) is 2.24. The van der Waals surface area contributed by atoms with Crippen molar-refractivity contribution in [2.24, 2.45) is 0 Å². The van der Waals surface area contributed by atoms with Gasteiger partial charge in [0.1, 0.15) is 11.4 Å². The minimum Gasteiger partial charge on any atom is -0.484 e. The van der Waals surface area contributed by atoms with Crippen molar-refractivity contribution in [2.45, 2.75) is 44.2 Å². The quantitative estimate of drug-likeness (QED) is 0.788. The molecule has 1 aromatic carbocycles. The smallest absolute Gasteiger partial charge is 0.261 e. The number of rotatable bonds is 2. The van der Waals surface area contributed by atoms with E-state index in [1.807, 2.05) is 13.8 Å². The van der Waals surface area contributed by atoms with Gasteiger partial charge in [0.15, 0.2) is 0 Å². The van der Waals surface area contributed by atoms with Crippen molar-refractivity contribution >= 4 is 25.4 Å². The van der Waals surface area contributed by atoms with E-state index in [2.05, 4.69) is 18.7 Å². The number of fused-ring (bicyclic) bond motifs is 1. The molecule has 0 N–H and O–H groups in total. The summed E-state index contributed by atoms with van der Waals surface area (Å²) in [5, 5.41) is 0. The molecule has 0 atom stereocenters. The average molecular weight is 304 g/mol. The molecule has 0 aliphatic carbocycles. The number of hydrogen-bond donors (Lipinski definition) is 0. The molecule has 106 valence electrons. The zero-order valence-electron chi connectivity index (χ0n) is 11.5. The Balaban J connectivity index is 2.56. The van der Waals surface area contributed by atoms with Gasteiger partial charge >= 0.3 is 0 Å². The number of ether oxygens (including phenoxy) is 1. The van der Waals surface area contributed by atoms with Gasteiger partial charge in [-0.1, -0.05) is 0 Å². The van der Waals surface area contributed by atoms with E-state index in [9.17, 15) is 8.42 Å². The van der Waals surface area contributed by atoms with Gasteiger partial charge in [-0.25, -0.2) is 8.42 Å². The summed E-state index contributed by atoms with van der Waals surface area (Å²) in [7, 11) is 1.67. The molecule has 0 saturated heterocycles. The highest BCUT2D eigenvalue weighted by atomic mass is 35.7. The summed E-state index contributed by atoms with van der Waals surface area (Å²) >= 11 is 0. The fourth-order valence-corrected chi connectivity index (χ4v) is 3.02. The zero-order chi connectivity index (χ0) is 14.4. The van der Waals surface area contributed by atoms with Gasteiger partial charge in [-0.15, -0.1) is 0 Å². The highest BCUT2D eigenvalue weighted by Gasteiger charge is 2.33. The van der Waals surface area contributed by atoms with Crippen LogP contribution in [-0.4, -0.2) is 26.6 Å². The van der Waals surface area contributed by atoms with E-state index in [4.69, 9.17) is 15.4 Å². The lowest BCUT2D eigenvalue weighted by Crippen LogP contribution is -2.49. The van der Waals surface area contributed by atoms with Crippen LogP contribution in [0.2, 0.25) is 0 Å². The molecule has 1 heterocycles. The van der Waals surface area contributed by atoms with Crippen LogP contribution >= 0.6 is 10.7 Å². The highest BCUT2D eigenvalue weighted by Crippen LogP contribution is 2.39. The van der Waals surface area contributed by atoms with E-state index >= 15 is 0 Å². The van der Waals surface area contributed by atoms with E-state index in [1.165, 1.54) is 6.07 Å². The Morgan fingerprint density at radius 1 is 1.37 bits per heavy atom. The number of nitrogens with zero attached hydrogens (tertiary/aromatic N) is 1. The molecule has 0 aromatic heterocycles. The van der Waals surface area contributed by atoms with E-state index < -0.39 is 9.05 Å². The maximum absolute atomic E-state index is 11.4. The van der Waals surface area contributed by atoms with Crippen molar-refractivity contribution in [3.8, 4) is 5.75 Å². The lowest BCUT2D eigenvalue weighted by Gasteiger charge is -2.43. The molecule has 0 radical (unpaired) electrons. The van der Waals surface area contributed by atoms with Gasteiger partial charge in [0.2, 0.25) is 0 Å². The normalized spacial score (nSPS) is 18.1. The minimum atomic E-state index is -3.72. The summed E-state index contributed by atoms with van der Waals surface area (Å²) in [6.45, 7) is 8.85. The van der Waals surface area contributed by atoms with Crippen LogP contribution in [0.4, 0.5) is 5.69 Å². The summed E-state index contributed by atoms with van der Waals surface area (Å²) in [6.07, 6.45) is 0. The SMILES string of the molecule is CC(C)N1CC(C)(C)Oc2ccc(S(=O)(=O)Cl)cc21. The summed E-state index contributed by atoms with van der Waals surface area (Å²) in [5.74, 6) is 0.689. The molecule has 1 aliphatic heterocycles. The molecular formula is C13H18ClNO3S. The molecule has 0 saturated carbocycles. The molecule has 0 spiro atoms. The monoisotopic (exact) mass is 303 g/mol. The second-order valence-electron chi connectivity index (χ2n) is 5.65. The Morgan fingerprint density at radius 2 is 2.00 bits per heavy atom. The van der Waals surface area contributed by atoms with Crippen LogP contribution in [0.25, 0.3) is 0 Å². The third-order valence-corrected chi connectivity index (χ3v) is 4.43. The summed E-state index contributed by atoms with van der Waals surface area (Å²) in [5.41, 5.74) is 0.467. The standard InChI is InChI=1S/C13H18ClNO3S/c1-9(2)15-8-13(3,4)18-12-6-5-10(7-11(12)15)19(14,16)17/h5-7,9H,8H2,1-4H3. The minimum absolute atomic E-state index is 0.0990. The molecule has 0 bridgehead atoms. The molecule has 6 heteroatoms. The van der Waals surface area contributed by atoms with Crippen molar-refractivity contribution in [3.63, 3.8) is 0 Å². The zero-order valence-corrected chi connectivity index (χ0v) is 13.0. The van der Waals surface area contributed by atoms with Crippen molar-refractivity contribution in [1.29, 1.82) is 0 Å². The number of hydrogen-bond acceptors (Lipinski definition) is 4. The lowest BCUT2D eigenvalue weighted by atomic mass is 10.0. The van der Waals surface area contributed by atoms with Gasteiger partial charge < -0.3 is 9.64 Å². The predicted molar refractivity (Wildman–Crippen MR) is 76.7 cm³/mol. The Kier molecular flexibility index (Phi) is 3.47. The third-order valence-electron chi connectivity index (χ3n) is 3.08. The van der Waals surface area contributed by atoms with E-state index in [0.717, 1.165) is 5.69 Å². The molecule has 0 fully saturated rings. The van der Waals surface area contributed by atoms with Crippen LogP contribution in [0.3, 0.4) is 0 Å². The molecule has 2 rings (SSSR count). The second-order valence-corrected chi connectivity index (χ2v) is 8.22. The Morgan fingerprint density at radius 3 is 2.53 bits per heavy atom. The van der Waals surface area contributed by atoms with E-state index in [0.29, 0.717) is 12.3 Å². The first-order chi connectivity index (χ1) is 8.60. The van der Waals surface area contributed by atoms with Gasteiger partial charge in [-0.2, -0.15) is 0 Å². The van der Waals surface area contributed by atoms with E-state index in [1.54, 1.807) is 12.1 Å².